The van der Waals surface area contributed by atoms with E-state index in [0.717, 1.165) is 17.1 Å². The first-order valence-corrected chi connectivity index (χ1v) is 6.71. The summed E-state index contributed by atoms with van der Waals surface area (Å²) in [6.45, 7) is -0.322. The van der Waals surface area contributed by atoms with Crippen molar-refractivity contribution < 1.29 is 28.5 Å². The van der Waals surface area contributed by atoms with Crippen molar-refractivity contribution in [3.05, 3.63) is 12.4 Å². The Labute approximate surface area is 109 Å². The minimum absolute atomic E-state index is 0.248. The number of aliphatic carboxylic acids is 1. The van der Waals surface area contributed by atoms with E-state index in [1.165, 1.54) is 6.92 Å². The van der Waals surface area contributed by atoms with Crippen LogP contribution in [0.25, 0.3) is 0 Å². The quantitative estimate of drug-likeness (QED) is 0.455. The zero-order valence-electron chi connectivity index (χ0n) is 10.1. The largest absolute Gasteiger partial charge is 0.480 e. The minimum atomic E-state index is -4.00. The summed E-state index contributed by atoms with van der Waals surface area (Å²) in [6, 6.07) is 0. The van der Waals surface area contributed by atoms with Crippen LogP contribution in [0.5, 0.6) is 0 Å². The van der Waals surface area contributed by atoms with Crippen LogP contribution in [0.2, 0.25) is 0 Å². The van der Waals surface area contributed by atoms with Crippen LogP contribution in [0.1, 0.15) is 6.92 Å². The molecule has 0 radical (unpaired) electrons. The molecule has 1 aromatic heterocycles. The Balaban J connectivity index is 2.95. The number of aliphatic hydroxyl groups excluding tert-OH is 2. The first-order chi connectivity index (χ1) is 8.72. The van der Waals surface area contributed by atoms with Gasteiger partial charge in [0.15, 0.2) is 0 Å². The number of nitrogens with one attached hydrogen (secondary N) is 1. The number of carboxylic acid groups (broad SMARTS) is 1. The van der Waals surface area contributed by atoms with Crippen molar-refractivity contribution in [1.82, 2.24) is 14.5 Å². The molecule has 9 nitrogen and oxygen atoms in total. The van der Waals surface area contributed by atoms with Crippen molar-refractivity contribution in [1.29, 1.82) is 0 Å². The molecule has 0 unspecified atom stereocenters. The van der Waals surface area contributed by atoms with Crippen LogP contribution in [0.3, 0.4) is 0 Å². The van der Waals surface area contributed by atoms with E-state index in [1.807, 2.05) is 0 Å². The van der Waals surface area contributed by atoms with Crippen LogP contribution >= 0.6 is 0 Å². The van der Waals surface area contributed by atoms with E-state index in [4.69, 9.17) is 15.3 Å². The summed E-state index contributed by atoms with van der Waals surface area (Å²) in [7, 11) is -4.00. The molecule has 0 atom stereocenters. The molecule has 0 aliphatic heterocycles. The summed E-state index contributed by atoms with van der Waals surface area (Å²) in [6.07, 6.45) is 2.03. The van der Waals surface area contributed by atoms with E-state index in [-0.39, 0.29) is 4.90 Å². The average molecular weight is 293 g/mol. The molecule has 1 aromatic rings. The first-order valence-electron chi connectivity index (χ1n) is 5.22. The van der Waals surface area contributed by atoms with Crippen LogP contribution in [-0.4, -0.2) is 58.2 Å². The Morgan fingerprint density at radius 1 is 1.47 bits per heavy atom. The normalized spacial score (nSPS) is 12.6. The maximum atomic E-state index is 11.9. The Hall–Kier alpha value is -1.49. The van der Waals surface area contributed by atoms with Crippen LogP contribution in [0.4, 0.5) is 0 Å². The lowest BCUT2D eigenvalue weighted by atomic mass is 10.1. The number of hydrogen-bond donors (Lipinski definition) is 4. The number of aromatic nitrogens is 2. The van der Waals surface area contributed by atoms with Gasteiger partial charge in [-0.1, -0.05) is 0 Å². The Kier molecular flexibility index (Phi) is 4.63. The van der Waals surface area contributed by atoms with Crippen molar-refractivity contribution >= 4 is 16.0 Å². The fourth-order valence-corrected chi connectivity index (χ4v) is 2.55. The van der Waals surface area contributed by atoms with Gasteiger partial charge in [-0.2, -0.15) is 5.10 Å². The van der Waals surface area contributed by atoms with Gasteiger partial charge in [0.25, 0.3) is 0 Å². The molecule has 19 heavy (non-hydrogen) atoms. The van der Waals surface area contributed by atoms with E-state index in [1.54, 1.807) is 0 Å². The smallest absolute Gasteiger partial charge is 0.325 e. The highest BCUT2D eigenvalue weighted by atomic mass is 32.2. The van der Waals surface area contributed by atoms with Crippen LogP contribution in [0, 0.1) is 0 Å². The number of aliphatic hydroxyl groups is 2. The summed E-state index contributed by atoms with van der Waals surface area (Å²) in [4.78, 5) is 10.2. The molecule has 1 heterocycles. The average Bonchev–Trinajstić information content (AvgIpc) is 2.76. The van der Waals surface area contributed by atoms with E-state index in [9.17, 15) is 13.2 Å². The van der Waals surface area contributed by atoms with Crippen molar-refractivity contribution in [2.24, 2.45) is 0 Å². The molecule has 10 heteroatoms. The lowest BCUT2D eigenvalue weighted by Gasteiger charge is -2.25. The number of hydrogen-bond acceptors (Lipinski definition) is 6. The molecule has 0 aliphatic carbocycles. The highest BCUT2D eigenvalue weighted by molar-refractivity contribution is 7.89. The fraction of sp³-hybridized carbons (Fsp3) is 0.556. The number of nitrogens with zero attached hydrogens (tertiary/aromatic N) is 2. The van der Waals surface area contributed by atoms with Crippen molar-refractivity contribution in [3.63, 3.8) is 0 Å². The van der Waals surface area contributed by atoms with Crippen LogP contribution < -0.4 is 4.72 Å². The van der Waals surface area contributed by atoms with Crippen molar-refractivity contribution in [2.75, 3.05) is 13.2 Å². The monoisotopic (exact) mass is 293 g/mol. The van der Waals surface area contributed by atoms with Crippen molar-refractivity contribution in [3.8, 4) is 0 Å². The third-order valence-corrected chi connectivity index (χ3v) is 3.89. The standard InChI is InChI=1S/C9H15N3O6S/c1-9(5-13,6-14)11-19(17,18)7-2-10-12(3-7)4-8(15)16/h2-3,11,13-14H,4-6H2,1H3,(H,15,16). The highest BCUT2D eigenvalue weighted by Gasteiger charge is 2.30. The lowest BCUT2D eigenvalue weighted by molar-refractivity contribution is -0.137. The Bertz CT molecular complexity index is 548. The zero-order chi connectivity index (χ0) is 14.7. The van der Waals surface area contributed by atoms with Gasteiger partial charge in [-0.15, -0.1) is 0 Å². The lowest BCUT2D eigenvalue weighted by Crippen LogP contribution is -2.51. The summed E-state index contributed by atoms with van der Waals surface area (Å²) < 4.78 is 26.9. The molecule has 0 aliphatic rings. The van der Waals surface area contributed by atoms with Gasteiger partial charge in [0.1, 0.15) is 11.4 Å². The second-order valence-electron chi connectivity index (χ2n) is 4.25. The van der Waals surface area contributed by atoms with E-state index in [2.05, 4.69) is 9.82 Å². The molecule has 0 spiro atoms. The highest BCUT2D eigenvalue weighted by Crippen LogP contribution is 2.12. The number of rotatable bonds is 7. The van der Waals surface area contributed by atoms with E-state index >= 15 is 0 Å². The van der Waals surface area contributed by atoms with Gasteiger partial charge in [0.05, 0.1) is 24.9 Å². The number of sulfonamides is 1. The molecular formula is C9H15N3O6S. The Morgan fingerprint density at radius 3 is 2.53 bits per heavy atom. The molecule has 0 fully saturated rings. The molecule has 1 rings (SSSR count). The van der Waals surface area contributed by atoms with Crippen LogP contribution in [-0.2, 0) is 21.4 Å². The van der Waals surface area contributed by atoms with E-state index in [0.29, 0.717) is 0 Å². The van der Waals surface area contributed by atoms with Crippen molar-refractivity contribution in [2.45, 2.75) is 23.9 Å². The number of carbonyl (C=O) groups is 1. The molecule has 108 valence electrons. The molecule has 0 amide bonds. The van der Waals surface area contributed by atoms with Gasteiger partial charge in [0, 0.05) is 6.20 Å². The predicted molar refractivity (Wildman–Crippen MR) is 62.8 cm³/mol. The third kappa shape index (κ3) is 3.99. The first kappa shape index (κ1) is 15.6. The second kappa shape index (κ2) is 5.65. The maximum Gasteiger partial charge on any atom is 0.325 e. The second-order valence-corrected chi connectivity index (χ2v) is 5.93. The summed E-state index contributed by atoms with van der Waals surface area (Å²) in [5.41, 5.74) is -1.41. The van der Waals surface area contributed by atoms with Crippen LogP contribution in [0.15, 0.2) is 17.3 Å². The predicted octanol–water partition coefficient (Wildman–Crippen LogP) is -2.01. The molecular weight excluding hydrogens is 278 g/mol. The van der Waals surface area contributed by atoms with Gasteiger partial charge in [-0.05, 0) is 6.92 Å². The Morgan fingerprint density at radius 2 is 2.05 bits per heavy atom. The summed E-state index contributed by atoms with van der Waals surface area (Å²) in [5, 5.41) is 30.2. The SMILES string of the molecule is CC(CO)(CO)NS(=O)(=O)c1cnn(CC(=O)O)c1. The van der Waals surface area contributed by atoms with E-state index < -0.39 is 41.3 Å². The zero-order valence-corrected chi connectivity index (χ0v) is 11.0. The third-order valence-electron chi connectivity index (χ3n) is 2.30. The van der Waals surface area contributed by atoms with Gasteiger partial charge in [-0.25, -0.2) is 13.1 Å². The molecule has 4 N–H and O–H groups in total. The summed E-state index contributed by atoms with van der Waals surface area (Å²) >= 11 is 0. The van der Waals surface area contributed by atoms with Gasteiger partial charge >= 0.3 is 5.97 Å². The van der Waals surface area contributed by atoms with Gasteiger partial charge in [0.2, 0.25) is 10.0 Å². The van der Waals surface area contributed by atoms with Gasteiger partial charge < -0.3 is 15.3 Å². The van der Waals surface area contributed by atoms with Gasteiger partial charge in [-0.3, -0.25) is 9.48 Å². The fourth-order valence-electron chi connectivity index (χ4n) is 1.21. The summed E-state index contributed by atoms with van der Waals surface area (Å²) in [5.74, 6) is -1.16. The number of carboxylic acids is 1. The molecule has 0 saturated carbocycles. The molecule has 0 saturated heterocycles. The molecule has 0 aromatic carbocycles. The minimum Gasteiger partial charge on any atom is -0.480 e. The maximum absolute atomic E-state index is 11.9. The molecule has 0 bridgehead atoms. The topological polar surface area (TPSA) is 142 Å².